The molecule has 0 fully saturated rings. The SMILES string of the molecule is CC(=O)Nc1cccc(Cl)c1C(C(=O)O)C(=O)NN(C(=O)OCc1ccccc1)C(=O)[C@@H](N)CC(C)C. The number of benzene rings is 2. The van der Waals surface area contributed by atoms with Crippen molar-refractivity contribution >= 4 is 47.1 Å². The normalized spacial score (nSPS) is 12.3. The molecule has 2 aromatic carbocycles. The van der Waals surface area contributed by atoms with Crippen molar-refractivity contribution in [1.82, 2.24) is 10.4 Å². The maximum atomic E-state index is 13.2. The molecular formula is C25H29ClN4O7. The van der Waals surface area contributed by atoms with Gasteiger partial charge in [-0.25, -0.2) is 4.79 Å². The molecule has 0 saturated carbocycles. The number of nitrogens with two attached hydrogens (primary N) is 1. The van der Waals surface area contributed by atoms with Gasteiger partial charge >= 0.3 is 12.1 Å². The maximum Gasteiger partial charge on any atom is 0.436 e. The first-order valence-electron chi connectivity index (χ1n) is 11.3. The standard InChI is InChI=1S/C25H29ClN4O7/c1-14(2)12-18(27)23(33)30(25(36)37-13-16-8-5-4-6-9-16)29-22(32)21(24(34)35)20-17(26)10-7-11-19(20)28-15(3)31/h4-11,14,18,21H,12-13,27H2,1-3H3,(H,28,31)(H,29,32)(H,34,35)/t18-,21?/m0/s1. The van der Waals surface area contributed by atoms with Crippen LogP contribution in [-0.2, 0) is 30.5 Å². The summed E-state index contributed by atoms with van der Waals surface area (Å²) < 4.78 is 5.18. The number of carbonyl (C=O) groups excluding carboxylic acids is 4. The van der Waals surface area contributed by atoms with Crippen LogP contribution in [0, 0.1) is 5.92 Å². The highest BCUT2D eigenvalue weighted by molar-refractivity contribution is 6.32. The van der Waals surface area contributed by atoms with Crippen molar-refractivity contribution in [2.75, 3.05) is 5.32 Å². The van der Waals surface area contributed by atoms with Gasteiger partial charge in [0.2, 0.25) is 5.91 Å². The van der Waals surface area contributed by atoms with E-state index in [1.54, 1.807) is 30.3 Å². The van der Waals surface area contributed by atoms with E-state index in [0.717, 1.165) is 0 Å². The van der Waals surface area contributed by atoms with E-state index in [4.69, 9.17) is 22.1 Å². The van der Waals surface area contributed by atoms with Crippen LogP contribution in [0.2, 0.25) is 5.02 Å². The van der Waals surface area contributed by atoms with Gasteiger partial charge in [0.1, 0.15) is 6.61 Å². The molecule has 0 spiro atoms. The predicted octanol–water partition coefficient (Wildman–Crippen LogP) is 3.04. The van der Waals surface area contributed by atoms with Crippen LogP contribution in [0.25, 0.3) is 0 Å². The van der Waals surface area contributed by atoms with Gasteiger partial charge in [0.25, 0.3) is 11.8 Å². The van der Waals surface area contributed by atoms with E-state index in [-0.39, 0.29) is 40.2 Å². The molecule has 12 heteroatoms. The number of amides is 4. The number of carboxylic acids is 1. The first-order valence-corrected chi connectivity index (χ1v) is 11.7. The van der Waals surface area contributed by atoms with Gasteiger partial charge in [-0.05, 0) is 30.0 Å². The lowest BCUT2D eigenvalue weighted by Gasteiger charge is -2.26. The minimum absolute atomic E-state index is 0.0213. The molecule has 198 valence electrons. The summed E-state index contributed by atoms with van der Waals surface area (Å²) in [7, 11) is 0. The molecule has 5 N–H and O–H groups in total. The molecule has 0 saturated heterocycles. The molecule has 2 atom stereocenters. The summed E-state index contributed by atoms with van der Waals surface area (Å²) in [6, 6.07) is 11.5. The number of carbonyl (C=O) groups is 5. The Morgan fingerprint density at radius 2 is 1.70 bits per heavy atom. The van der Waals surface area contributed by atoms with Crippen LogP contribution < -0.4 is 16.5 Å². The topological polar surface area (TPSA) is 168 Å². The van der Waals surface area contributed by atoms with Crippen LogP contribution in [0.1, 0.15) is 44.2 Å². The van der Waals surface area contributed by atoms with Gasteiger partial charge in [0.05, 0.1) is 6.04 Å². The molecular weight excluding hydrogens is 504 g/mol. The summed E-state index contributed by atoms with van der Waals surface area (Å²) in [5, 5.41) is 12.4. The number of imide groups is 1. The van der Waals surface area contributed by atoms with Gasteiger partial charge in [-0.3, -0.25) is 24.6 Å². The molecule has 11 nitrogen and oxygen atoms in total. The minimum Gasteiger partial charge on any atom is -0.480 e. The summed E-state index contributed by atoms with van der Waals surface area (Å²) >= 11 is 6.20. The number of carboxylic acid groups (broad SMARTS) is 1. The van der Waals surface area contributed by atoms with Gasteiger partial charge < -0.3 is 20.9 Å². The quantitative estimate of drug-likeness (QED) is 0.282. The van der Waals surface area contributed by atoms with Gasteiger partial charge in [0.15, 0.2) is 5.92 Å². The Bertz CT molecular complexity index is 1160. The smallest absolute Gasteiger partial charge is 0.436 e. The van der Waals surface area contributed by atoms with Crippen LogP contribution >= 0.6 is 11.6 Å². The van der Waals surface area contributed by atoms with Gasteiger partial charge in [-0.1, -0.05) is 61.8 Å². The minimum atomic E-state index is -2.01. The molecule has 37 heavy (non-hydrogen) atoms. The predicted molar refractivity (Wildman–Crippen MR) is 135 cm³/mol. The zero-order chi connectivity index (χ0) is 27.7. The van der Waals surface area contributed by atoms with Gasteiger partial charge in [-0.2, -0.15) is 5.01 Å². The molecule has 4 amide bonds. The van der Waals surface area contributed by atoms with Crippen molar-refractivity contribution in [3.8, 4) is 0 Å². The number of hydrogen-bond acceptors (Lipinski definition) is 7. The summed E-state index contributed by atoms with van der Waals surface area (Å²) in [4.78, 5) is 62.9. The van der Waals surface area contributed by atoms with Crippen LogP contribution in [0.5, 0.6) is 0 Å². The molecule has 0 aromatic heterocycles. The van der Waals surface area contributed by atoms with Crippen LogP contribution in [0.4, 0.5) is 10.5 Å². The third kappa shape index (κ3) is 8.29. The Labute approximate surface area is 218 Å². The number of ether oxygens (including phenoxy) is 1. The van der Waals surface area contributed by atoms with E-state index in [1.165, 1.54) is 25.1 Å². The van der Waals surface area contributed by atoms with Crippen LogP contribution in [-0.4, -0.2) is 45.9 Å². The lowest BCUT2D eigenvalue weighted by Crippen LogP contribution is -2.57. The molecule has 0 aliphatic heterocycles. The molecule has 1 unspecified atom stereocenters. The van der Waals surface area contributed by atoms with E-state index in [0.29, 0.717) is 5.56 Å². The van der Waals surface area contributed by atoms with Crippen LogP contribution in [0.15, 0.2) is 48.5 Å². The highest BCUT2D eigenvalue weighted by atomic mass is 35.5. The van der Waals surface area contributed by atoms with E-state index < -0.39 is 41.7 Å². The van der Waals surface area contributed by atoms with Crippen molar-refractivity contribution in [3.63, 3.8) is 0 Å². The number of aliphatic carboxylic acids is 1. The van der Waals surface area contributed by atoms with Crippen molar-refractivity contribution in [3.05, 3.63) is 64.7 Å². The molecule has 0 aliphatic rings. The van der Waals surface area contributed by atoms with Crippen LogP contribution in [0.3, 0.4) is 0 Å². The number of nitrogens with zero attached hydrogens (tertiary/aromatic N) is 1. The van der Waals surface area contributed by atoms with Crippen molar-refractivity contribution in [2.24, 2.45) is 11.7 Å². The lowest BCUT2D eigenvalue weighted by molar-refractivity contribution is -0.148. The zero-order valence-electron chi connectivity index (χ0n) is 20.6. The summed E-state index contributed by atoms with van der Waals surface area (Å²) in [5.41, 5.74) is 8.34. The number of rotatable bonds is 9. The number of anilines is 1. The molecule has 0 heterocycles. The number of hydrogen-bond donors (Lipinski definition) is 4. The second kappa shape index (κ2) is 13.4. The first kappa shape index (κ1) is 29.3. The second-order valence-electron chi connectivity index (χ2n) is 8.58. The summed E-state index contributed by atoms with van der Waals surface area (Å²) in [6.45, 7) is 4.59. The zero-order valence-corrected chi connectivity index (χ0v) is 21.3. The Hall–Kier alpha value is -3.96. The van der Waals surface area contributed by atoms with Gasteiger partial charge in [0, 0.05) is 23.2 Å². The third-order valence-electron chi connectivity index (χ3n) is 5.03. The number of hydrazine groups is 1. The van der Waals surface area contributed by atoms with E-state index >= 15 is 0 Å². The molecule has 0 radical (unpaired) electrons. The molecule has 0 bridgehead atoms. The van der Waals surface area contributed by atoms with E-state index in [2.05, 4.69) is 5.32 Å². The monoisotopic (exact) mass is 532 g/mol. The summed E-state index contributed by atoms with van der Waals surface area (Å²) in [6.07, 6.45) is -1.08. The highest BCUT2D eigenvalue weighted by Crippen LogP contribution is 2.32. The first-order chi connectivity index (χ1) is 17.4. The van der Waals surface area contributed by atoms with Crippen molar-refractivity contribution < 1.29 is 33.8 Å². The van der Waals surface area contributed by atoms with Crippen molar-refractivity contribution in [2.45, 2.75) is 45.8 Å². The second-order valence-corrected chi connectivity index (χ2v) is 8.99. The Kier molecular flexibility index (Phi) is 10.6. The fraction of sp³-hybridized carbons (Fsp3) is 0.320. The fourth-order valence-corrected chi connectivity index (χ4v) is 3.70. The van der Waals surface area contributed by atoms with E-state index in [1.807, 2.05) is 19.3 Å². The Balaban J connectivity index is 2.40. The number of halogens is 1. The third-order valence-corrected chi connectivity index (χ3v) is 5.36. The number of nitrogens with one attached hydrogen (secondary N) is 2. The fourth-order valence-electron chi connectivity index (χ4n) is 3.42. The Morgan fingerprint density at radius 3 is 2.27 bits per heavy atom. The van der Waals surface area contributed by atoms with Crippen molar-refractivity contribution in [1.29, 1.82) is 0 Å². The largest absolute Gasteiger partial charge is 0.480 e. The average Bonchev–Trinajstić information content (AvgIpc) is 2.82. The highest BCUT2D eigenvalue weighted by Gasteiger charge is 2.37. The lowest BCUT2D eigenvalue weighted by atomic mass is 9.96. The summed E-state index contributed by atoms with van der Waals surface area (Å²) in [5.74, 6) is -6.48. The molecule has 0 aliphatic carbocycles. The molecule has 2 rings (SSSR count). The average molecular weight is 533 g/mol. The van der Waals surface area contributed by atoms with E-state index in [9.17, 15) is 29.1 Å². The Morgan fingerprint density at radius 1 is 1.05 bits per heavy atom. The van der Waals surface area contributed by atoms with Gasteiger partial charge in [-0.15, -0.1) is 0 Å². The maximum absolute atomic E-state index is 13.2. The molecule has 2 aromatic rings.